The summed E-state index contributed by atoms with van der Waals surface area (Å²) in [7, 11) is 0. The minimum Gasteiger partial charge on any atom is -0.508 e. The topological polar surface area (TPSA) is 84.1 Å². The Kier molecular flexibility index (Phi) is 5.03. The van der Waals surface area contributed by atoms with Gasteiger partial charge in [0, 0.05) is 13.1 Å². The number of thioether (sulfide) groups is 1. The van der Waals surface area contributed by atoms with Gasteiger partial charge >= 0.3 is 0 Å². The van der Waals surface area contributed by atoms with Crippen LogP contribution in [-0.4, -0.2) is 54.5 Å². The van der Waals surface area contributed by atoms with Crippen LogP contribution >= 0.6 is 11.8 Å². The summed E-state index contributed by atoms with van der Waals surface area (Å²) >= 11 is 1.35. The number of benzene rings is 1. The number of carbonyl (C=O) groups excluding carboxylic acids is 1. The Labute approximate surface area is 145 Å². The Morgan fingerprint density at radius 2 is 1.96 bits per heavy atom. The van der Waals surface area contributed by atoms with Crippen molar-refractivity contribution in [2.75, 3.05) is 13.1 Å². The molecule has 0 radical (unpaired) electrons. The van der Waals surface area contributed by atoms with E-state index in [9.17, 15) is 9.90 Å². The van der Waals surface area contributed by atoms with Crippen molar-refractivity contribution in [1.82, 2.24) is 25.1 Å². The van der Waals surface area contributed by atoms with Gasteiger partial charge in [-0.3, -0.25) is 4.79 Å². The van der Waals surface area contributed by atoms with Crippen LogP contribution in [0.3, 0.4) is 0 Å². The number of phenolic OH excluding ortho intramolecular Hbond substituents is 1. The van der Waals surface area contributed by atoms with E-state index in [0.29, 0.717) is 11.1 Å². The maximum Gasteiger partial charge on any atom is 0.235 e. The standard InChI is InChI=1S/C16H21N5O2S/c1-11-7-9-20(10-8-11)15(23)12(2)24-16-17-18-19-21(16)13-3-5-14(22)6-4-13/h3-6,11-12,22H,7-10H2,1-2H3. The lowest BCUT2D eigenvalue weighted by Gasteiger charge is -2.31. The van der Waals surface area contributed by atoms with Crippen molar-refractivity contribution in [1.29, 1.82) is 0 Å². The molecule has 0 saturated carbocycles. The fourth-order valence-electron chi connectivity index (χ4n) is 2.70. The van der Waals surface area contributed by atoms with Gasteiger partial charge in [0.2, 0.25) is 11.1 Å². The van der Waals surface area contributed by atoms with E-state index in [0.717, 1.165) is 31.6 Å². The van der Waals surface area contributed by atoms with Crippen LogP contribution in [0.5, 0.6) is 5.75 Å². The van der Waals surface area contributed by atoms with Gasteiger partial charge in [0.05, 0.1) is 10.9 Å². The molecule has 24 heavy (non-hydrogen) atoms. The van der Waals surface area contributed by atoms with Crippen molar-refractivity contribution in [3.63, 3.8) is 0 Å². The van der Waals surface area contributed by atoms with Gasteiger partial charge in [-0.05, 0) is 60.4 Å². The Balaban J connectivity index is 1.69. The minimum absolute atomic E-state index is 0.132. The molecule has 1 aromatic carbocycles. The van der Waals surface area contributed by atoms with Crippen LogP contribution in [0.15, 0.2) is 29.4 Å². The molecule has 1 fully saturated rings. The van der Waals surface area contributed by atoms with Crippen molar-refractivity contribution in [2.24, 2.45) is 5.92 Å². The van der Waals surface area contributed by atoms with E-state index in [1.54, 1.807) is 28.9 Å². The zero-order chi connectivity index (χ0) is 17.1. The van der Waals surface area contributed by atoms with Gasteiger partial charge in [-0.1, -0.05) is 18.7 Å². The lowest BCUT2D eigenvalue weighted by atomic mass is 9.99. The first kappa shape index (κ1) is 16.8. The van der Waals surface area contributed by atoms with Gasteiger partial charge in [0.1, 0.15) is 5.75 Å². The summed E-state index contributed by atoms with van der Waals surface area (Å²) in [6, 6.07) is 6.62. The molecule has 2 heterocycles. The third kappa shape index (κ3) is 3.69. The molecule has 1 aliphatic rings. The van der Waals surface area contributed by atoms with E-state index in [1.807, 2.05) is 11.8 Å². The van der Waals surface area contributed by atoms with Gasteiger partial charge in [-0.2, -0.15) is 4.68 Å². The van der Waals surface area contributed by atoms with E-state index in [-0.39, 0.29) is 16.9 Å². The lowest BCUT2D eigenvalue weighted by Crippen LogP contribution is -2.41. The molecule has 1 aromatic heterocycles. The summed E-state index contributed by atoms with van der Waals surface area (Å²) in [6.45, 7) is 5.77. The van der Waals surface area contributed by atoms with Crippen LogP contribution in [-0.2, 0) is 4.79 Å². The predicted octanol–water partition coefficient (Wildman–Crippen LogP) is 2.11. The van der Waals surface area contributed by atoms with Crippen LogP contribution in [0.25, 0.3) is 5.69 Å². The van der Waals surface area contributed by atoms with Gasteiger partial charge in [0.25, 0.3) is 0 Å². The SMILES string of the molecule is CC1CCN(C(=O)C(C)Sc2nnnn2-c2ccc(O)cc2)CC1. The number of rotatable bonds is 4. The fraction of sp³-hybridized carbons (Fsp3) is 0.500. The molecular formula is C16H21N5O2S. The molecule has 1 unspecified atom stereocenters. The molecule has 2 aromatic rings. The van der Waals surface area contributed by atoms with Crippen LogP contribution in [0, 0.1) is 5.92 Å². The Bertz CT molecular complexity index is 695. The Morgan fingerprint density at radius 1 is 1.29 bits per heavy atom. The van der Waals surface area contributed by atoms with Crippen molar-refractivity contribution in [3.8, 4) is 11.4 Å². The average molecular weight is 347 g/mol. The van der Waals surface area contributed by atoms with E-state index in [2.05, 4.69) is 22.4 Å². The third-order valence-corrected chi connectivity index (χ3v) is 5.28. The smallest absolute Gasteiger partial charge is 0.235 e. The Morgan fingerprint density at radius 3 is 2.62 bits per heavy atom. The zero-order valence-corrected chi connectivity index (χ0v) is 14.6. The molecule has 7 nitrogen and oxygen atoms in total. The summed E-state index contributed by atoms with van der Waals surface area (Å²) < 4.78 is 1.58. The van der Waals surface area contributed by atoms with E-state index < -0.39 is 0 Å². The number of aromatic nitrogens is 4. The largest absolute Gasteiger partial charge is 0.508 e. The number of carbonyl (C=O) groups is 1. The molecule has 128 valence electrons. The van der Waals surface area contributed by atoms with Gasteiger partial charge < -0.3 is 10.0 Å². The molecule has 1 N–H and O–H groups in total. The summed E-state index contributed by atoms with van der Waals surface area (Å²) in [6.07, 6.45) is 2.13. The quantitative estimate of drug-likeness (QED) is 0.853. The maximum absolute atomic E-state index is 12.6. The lowest BCUT2D eigenvalue weighted by molar-refractivity contribution is -0.131. The second kappa shape index (κ2) is 7.21. The first-order valence-corrected chi connectivity index (χ1v) is 8.96. The normalized spacial score (nSPS) is 17.0. The van der Waals surface area contributed by atoms with Crippen molar-refractivity contribution in [2.45, 2.75) is 37.1 Å². The van der Waals surface area contributed by atoms with Gasteiger partial charge in [-0.15, -0.1) is 5.10 Å². The highest BCUT2D eigenvalue weighted by atomic mass is 32.2. The predicted molar refractivity (Wildman–Crippen MR) is 91.1 cm³/mol. The summed E-state index contributed by atoms with van der Waals surface area (Å²) in [5.41, 5.74) is 0.742. The van der Waals surface area contributed by atoms with Gasteiger partial charge in [0.15, 0.2) is 0 Å². The molecule has 1 atom stereocenters. The van der Waals surface area contributed by atoms with Gasteiger partial charge in [-0.25, -0.2) is 0 Å². The van der Waals surface area contributed by atoms with Crippen LogP contribution in [0.4, 0.5) is 0 Å². The third-order valence-electron chi connectivity index (χ3n) is 4.26. The molecule has 0 aliphatic carbocycles. The molecule has 1 amide bonds. The van der Waals surface area contributed by atoms with E-state index >= 15 is 0 Å². The van der Waals surface area contributed by atoms with Crippen LogP contribution < -0.4 is 0 Å². The van der Waals surface area contributed by atoms with Crippen molar-refractivity contribution in [3.05, 3.63) is 24.3 Å². The molecule has 0 bridgehead atoms. The number of amides is 1. The highest BCUT2D eigenvalue weighted by molar-refractivity contribution is 8.00. The molecule has 1 aliphatic heterocycles. The van der Waals surface area contributed by atoms with E-state index in [1.165, 1.54) is 11.8 Å². The number of nitrogens with zero attached hydrogens (tertiary/aromatic N) is 5. The molecule has 0 spiro atoms. The first-order chi connectivity index (χ1) is 11.5. The highest BCUT2D eigenvalue weighted by Crippen LogP contribution is 2.26. The second-order valence-electron chi connectivity index (χ2n) is 6.16. The maximum atomic E-state index is 12.6. The summed E-state index contributed by atoms with van der Waals surface area (Å²) in [5.74, 6) is 1.01. The second-order valence-corrected chi connectivity index (χ2v) is 7.47. The molecule has 1 saturated heterocycles. The first-order valence-electron chi connectivity index (χ1n) is 8.08. The number of likely N-dealkylation sites (tertiary alicyclic amines) is 1. The minimum atomic E-state index is -0.250. The van der Waals surface area contributed by atoms with E-state index in [4.69, 9.17) is 0 Å². The number of tetrazole rings is 1. The van der Waals surface area contributed by atoms with Crippen molar-refractivity contribution < 1.29 is 9.90 Å². The Hall–Kier alpha value is -2.09. The molecule has 8 heteroatoms. The van der Waals surface area contributed by atoms with Crippen LogP contribution in [0.1, 0.15) is 26.7 Å². The molecule has 3 rings (SSSR count). The number of aromatic hydroxyl groups is 1. The van der Waals surface area contributed by atoms with Crippen LogP contribution in [0.2, 0.25) is 0 Å². The number of hydrogen-bond donors (Lipinski definition) is 1. The fourth-order valence-corrected chi connectivity index (χ4v) is 3.59. The average Bonchev–Trinajstić information content (AvgIpc) is 3.03. The molecular weight excluding hydrogens is 326 g/mol. The van der Waals surface area contributed by atoms with Crippen molar-refractivity contribution >= 4 is 17.7 Å². The highest BCUT2D eigenvalue weighted by Gasteiger charge is 2.26. The summed E-state index contributed by atoms with van der Waals surface area (Å²) in [4.78, 5) is 14.6. The number of phenols is 1. The number of hydrogen-bond acceptors (Lipinski definition) is 6. The summed E-state index contributed by atoms with van der Waals surface area (Å²) in [5, 5.41) is 21.4. The number of piperidine rings is 1. The monoisotopic (exact) mass is 347 g/mol. The zero-order valence-electron chi connectivity index (χ0n) is 13.8.